The van der Waals surface area contributed by atoms with E-state index in [0.717, 1.165) is 29.1 Å². The quantitative estimate of drug-likeness (QED) is 0.465. The average molecular weight is 387 g/mol. The summed E-state index contributed by atoms with van der Waals surface area (Å²) in [5.74, 6) is 1.97. The fourth-order valence-corrected chi connectivity index (χ4v) is 3.20. The van der Waals surface area contributed by atoms with Crippen LogP contribution in [0.3, 0.4) is 0 Å². The zero-order valence-corrected chi connectivity index (χ0v) is 17.0. The molecule has 1 unspecified atom stereocenters. The molecule has 0 fully saturated rings. The summed E-state index contributed by atoms with van der Waals surface area (Å²) in [6.07, 6.45) is 3.58. The Morgan fingerprint density at radius 2 is 1.79 bits per heavy atom. The van der Waals surface area contributed by atoms with Crippen LogP contribution in [0.5, 0.6) is 0 Å². The highest BCUT2D eigenvalue weighted by atomic mass is 15.2. The first-order valence-corrected chi connectivity index (χ1v) is 9.96. The van der Waals surface area contributed by atoms with Crippen molar-refractivity contribution in [3.05, 3.63) is 72.7 Å². The Balaban J connectivity index is 1.57. The summed E-state index contributed by atoms with van der Waals surface area (Å²) in [6.45, 7) is 7.43. The molecule has 0 aliphatic heterocycles. The first-order valence-electron chi connectivity index (χ1n) is 9.96. The highest BCUT2D eigenvalue weighted by molar-refractivity contribution is 5.81. The fraction of sp³-hybridized carbons (Fsp3) is 0.261. The van der Waals surface area contributed by atoms with Crippen LogP contribution in [0, 0.1) is 5.92 Å². The molecular formula is C23H26N6. The molecule has 2 N–H and O–H groups in total. The summed E-state index contributed by atoms with van der Waals surface area (Å²) in [6, 6.07) is 18.5. The molecule has 0 amide bonds. The molecule has 0 saturated heterocycles. The van der Waals surface area contributed by atoms with E-state index in [2.05, 4.69) is 71.7 Å². The number of nitrogens with zero attached hydrogens (tertiary/aromatic N) is 4. The molecule has 29 heavy (non-hydrogen) atoms. The largest absolute Gasteiger partial charge is 0.385 e. The van der Waals surface area contributed by atoms with E-state index >= 15 is 0 Å². The predicted octanol–water partition coefficient (Wildman–Crippen LogP) is 5.06. The molecule has 1 atom stereocenters. The lowest BCUT2D eigenvalue weighted by atomic mass is 10.1. The van der Waals surface area contributed by atoms with Crippen LogP contribution in [0.25, 0.3) is 16.9 Å². The van der Waals surface area contributed by atoms with E-state index in [4.69, 9.17) is 4.98 Å². The molecule has 2 heterocycles. The van der Waals surface area contributed by atoms with Crippen molar-refractivity contribution in [2.75, 3.05) is 17.2 Å². The van der Waals surface area contributed by atoms with Gasteiger partial charge < -0.3 is 10.6 Å². The Bertz CT molecular complexity index is 1090. The molecule has 148 valence electrons. The van der Waals surface area contributed by atoms with E-state index in [1.54, 1.807) is 6.20 Å². The van der Waals surface area contributed by atoms with Gasteiger partial charge in [-0.2, -0.15) is 4.98 Å². The molecule has 0 spiro atoms. The first kappa shape index (κ1) is 18.9. The molecule has 0 bridgehead atoms. The van der Waals surface area contributed by atoms with E-state index in [0.29, 0.717) is 11.9 Å². The Labute approximate surface area is 171 Å². The number of hydrogen-bond donors (Lipinski definition) is 2. The molecule has 6 nitrogen and oxygen atoms in total. The highest BCUT2D eigenvalue weighted by Crippen LogP contribution is 2.22. The highest BCUT2D eigenvalue weighted by Gasteiger charge is 2.10. The van der Waals surface area contributed by atoms with Gasteiger partial charge in [0, 0.05) is 18.4 Å². The summed E-state index contributed by atoms with van der Waals surface area (Å²) in [7, 11) is 0. The monoisotopic (exact) mass is 386 g/mol. The van der Waals surface area contributed by atoms with Crippen LogP contribution in [0.15, 0.2) is 67.1 Å². The van der Waals surface area contributed by atoms with Gasteiger partial charge in [0.15, 0.2) is 0 Å². The lowest BCUT2D eigenvalue weighted by molar-refractivity contribution is 0.689. The van der Waals surface area contributed by atoms with E-state index in [1.807, 2.05) is 35.2 Å². The molecule has 0 aliphatic rings. The third-order valence-corrected chi connectivity index (χ3v) is 4.79. The maximum atomic E-state index is 4.70. The number of benzene rings is 2. The van der Waals surface area contributed by atoms with E-state index < -0.39 is 0 Å². The number of anilines is 2. The van der Waals surface area contributed by atoms with Gasteiger partial charge in [0.1, 0.15) is 12.1 Å². The van der Waals surface area contributed by atoms with Crippen LogP contribution in [-0.4, -0.2) is 26.1 Å². The number of nitrogens with one attached hydrogen (secondary N) is 2. The van der Waals surface area contributed by atoms with E-state index in [-0.39, 0.29) is 6.04 Å². The topological polar surface area (TPSA) is 67.7 Å². The first-order chi connectivity index (χ1) is 14.1. The number of hydrogen-bond acceptors (Lipinski definition) is 5. The third-order valence-electron chi connectivity index (χ3n) is 4.79. The van der Waals surface area contributed by atoms with Crippen molar-refractivity contribution in [1.29, 1.82) is 0 Å². The van der Waals surface area contributed by atoms with Crippen LogP contribution >= 0.6 is 0 Å². The zero-order chi connectivity index (χ0) is 20.2. The van der Waals surface area contributed by atoms with Gasteiger partial charge >= 0.3 is 0 Å². The SMILES string of the molecule is CC(C)CNc1ccc2c(c1)ncn2-c1ccnc(NC(C)c2ccccc2)n1. The van der Waals surface area contributed by atoms with Crippen molar-refractivity contribution in [1.82, 2.24) is 19.5 Å². The number of fused-ring (bicyclic) bond motifs is 1. The van der Waals surface area contributed by atoms with Gasteiger partial charge in [-0.25, -0.2) is 9.97 Å². The average Bonchev–Trinajstić information content (AvgIpc) is 3.16. The molecule has 4 rings (SSSR count). The van der Waals surface area contributed by atoms with E-state index in [9.17, 15) is 0 Å². The van der Waals surface area contributed by atoms with Crippen molar-refractivity contribution in [3.8, 4) is 5.82 Å². The van der Waals surface area contributed by atoms with Crippen LogP contribution in [0.4, 0.5) is 11.6 Å². The maximum absolute atomic E-state index is 4.70. The molecule has 0 radical (unpaired) electrons. The van der Waals surface area contributed by atoms with Gasteiger partial charge in [-0.05, 0) is 42.7 Å². The van der Waals surface area contributed by atoms with Gasteiger partial charge in [-0.1, -0.05) is 44.2 Å². The fourth-order valence-electron chi connectivity index (χ4n) is 3.20. The second kappa shape index (κ2) is 8.31. The Morgan fingerprint density at radius 1 is 0.966 bits per heavy atom. The van der Waals surface area contributed by atoms with Crippen molar-refractivity contribution < 1.29 is 0 Å². The smallest absolute Gasteiger partial charge is 0.225 e. The summed E-state index contributed by atoms with van der Waals surface area (Å²) in [5, 5.41) is 6.83. The Kier molecular flexibility index (Phi) is 5.42. The second-order valence-electron chi connectivity index (χ2n) is 7.61. The lowest BCUT2D eigenvalue weighted by Gasteiger charge is -2.14. The van der Waals surface area contributed by atoms with Crippen molar-refractivity contribution >= 4 is 22.7 Å². The minimum Gasteiger partial charge on any atom is -0.385 e. The molecule has 0 saturated carbocycles. The van der Waals surface area contributed by atoms with Crippen LogP contribution in [0.2, 0.25) is 0 Å². The zero-order valence-electron chi connectivity index (χ0n) is 17.0. The minimum atomic E-state index is 0.112. The standard InChI is InChI=1S/C23H26N6/c1-16(2)14-25-19-9-10-21-20(13-19)26-15-29(21)22-11-12-24-23(28-22)27-17(3)18-7-5-4-6-8-18/h4-13,15-17,25H,14H2,1-3H3,(H,24,27,28). The van der Waals surface area contributed by atoms with Gasteiger partial charge in [0.2, 0.25) is 5.95 Å². The summed E-state index contributed by atoms with van der Waals surface area (Å²) < 4.78 is 1.99. The van der Waals surface area contributed by atoms with Gasteiger partial charge in [-0.15, -0.1) is 0 Å². The molecule has 2 aromatic carbocycles. The van der Waals surface area contributed by atoms with Gasteiger partial charge in [0.25, 0.3) is 0 Å². The number of aromatic nitrogens is 4. The molecule has 0 aliphatic carbocycles. The summed E-state index contributed by atoms with van der Waals surface area (Å²) in [5.41, 5.74) is 4.22. The molecule has 6 heteroatoms. The Hall–Kier alpha value is -3.41. The normalized spacial score (nSPS) is 12.3. The number of rotatable bonds is 7. The third kappa shape index (κ3) is 4.37. The molecule has 4 aromatic rings. The minimum absolute atomic E-state index is 0.112. The van der Waals surface area contributed by atoms with E-state index in [1.165, 1.54) is 5.56 Å². The Morgan fingerprint density at radius 3 is 2.59 bits per heavy atom. The van der Waals surface area contributed by atoms with Crippen LogP contribution in [0.1, 0.15) is 32.4 Å². The summed E-state index contributed by atoms with van der Waals surface area (Å²) >= 11 is 0. The van der Waals surface area contributed by atoms with Gasteiger partial charge in [0.05, 0.1) is 17.1 Å². The predicted molar refractivity (Wildman–Crippen MR) is 118 cm³/mol. The maximum Gasteiger partial charge on any atom is 0.225 e. The van der Waals surface area contributed by atoms with Crippen molar-refractivity contribution in [2.45, 2.75) is 26.8 Å². The summed E-state index contributed by atoms with van der Waals surface area (Å²) in [4.78, 5) is 13.6. The van der Waals surface area contributed by atoms with Crippen molar-refractivity contribution in [2.24, 2.45) is 5.92 Å². The second-order valence-corrected chi connectivity index (χ2v) is 7.61. The molecular weight excluding hydrogens is 360 g/mol. The molecule has 2 aromatic heterocycles. The number of imidazole rings is 1. The van der Waals surface area contributed by atoms with Crippen LogP contribution < -0.4 is 10.6 Å². The lowest BCUT2D eigenvalue weighted by Crippen LogP contribution is -2.10. The van der Waals surface area contributed by atoms with Crippen LogP contribution in [-0.2, 0) is 0 Å². The van der Waals surface area contributed by atoms with Gasteiger partial charge in [-0.3, -0.25) is 4.57 Å². The van der Waals surface area contributed by atoms with Crippen molar-refractivity contribution in [3.63, 3.8) is 0 Å².